The predicted molar refractivity (Wildman–Crippen MR) is 98.3 cm³/mol. The highest BCUT2D eigenvalue weighted by molar-refractivity contribution is 7.18. The molecule has 1 aromatic rings. The summed E-state index contributed by atoms with van der Waals surface area (Å²) in [6, 6.07) is 0.183. The first kappa shape index (κ1) is 19.4. The van der Waals surface area contributed by atoms with Gasteiger partial charge in [-0.15, -0.1) is 11.3 Å². The highest BCUT2D eigenvalue weighted by atomic mass is 32.1. The van der Waals surface area contributed by atoms with Crippen molar-refractivity contribution in [3.8, 4) is 0 Å². The molecule has 0 unspecified atom stereocenters. The zero-order valence-corrected chi connectivity index (χ0v) is 15.9. The summed E-state index contributed by atoms with van der Waals surface area (Å²) >= 11 is 1.14. The third-order valence-electron chi connectivity index (χ3n) is 4.41. The first-order valence-corrected chi connectivity index (χ1v) is 9.62. The molecule has 2 rings (SSSR count). The van der Waals surface area contributed by atoms with Crippen LogP contribution in [0.25, 0.3) is 0 Å². The molecule has 2 amide bonds. The lowest BCUT2D eigenvalue weighted by atomic mass is 9.95. The Hall–Kier alpha value is -1.89. The number of hydrogen-bond acceptors (Lipinski definition) is 5. The van der Waals surface area contributed by atoms with E-state index in [4.69, 9.17) is 4.74 Å². The van der Waals surface area contributed by atoms with Gasteiger partial charge in [0.2, 0.25) is 5.91 Å². The van der Waals surface area contributed by atoms with Crippen LogP contribution in [0.5, 0.6) is 0 Å². The highest BCUT2D eigenvalue weighted by Crippen LogP contribution is 2.34. The van der Waals surface area contributed by atoms with E-state index in [1.165, 1.54) is 13.5 Å². The maximum Gasteiger partial charge on any atom is 0.341 e. The van der Waals surface area contributed by atoms with Gasteiger partial charge in [0.25, 0.3) is 5.91 Å². The Kier molecular flexibility index (Phi) is 6.99. The second-order valence-electron chi connectivity index (χ2n) is 6.36. The van der Waals surface area contributed by atoms with Crippen molar-refractivity contribution in [1.29, 1.82) is 0 Å². The van der Waals surface area contributed by atoms with Gasteiger partial charge in [0.1, 0.15) is 5.00 Å². The van der Waals surface area contributed by atoms with E-state index in [0.717, 1.165) is 37.0 Å². The molecule has 1 aliphatic carbocycles. The van der Waals surface area contributed by atoms with Crippen LogP contribution in [0.2, 0.25) is 0 Å². The quantitative estimate of drug-likeness (QED) is 0.753. The summed E-state index contributed by atoms with van der Waals surface area (Å²) in [5.41, 5.74) is 0.822. The number of amides is 2. The molecule has 0 bridgehead atoms. The maximum absolute atomic E-state index is 12.7. The lowest BCUT2D eigenvalue weighted by molar-refractivity contribution is -0.116. The molecule has 1 fully saturated rings. The fourth-order valence-corrected chi connectivity index (χ4v) is 4.19. The third-order valence-corrected chi connectivity index (χ3v) is 5.62. The monoisotopic (exact) mass is 366 g/mol. The van der Waals surface area contributed by atoms with Crippen LogP contribution in [-0.2, 0) is 9.53 Å². The number of carbonyl (C=O) groups excluding carboxylic acids is 3. The van der Waals surface area contributed by atoms with Gasteiger partial charge in [-0.2, -0.15) is 0 Å². The average Bonchev–Trinajstić information content (AvgIpc) is 2.91. The number of anilines is 1. The molecule has 0 aliphatic heterocycles. The van der Waals surface area contributed by atoms with Crippen molar-refractivity contribution < 1.29 is 19.1 Å². The molecular weight excluding hydrogens is 340 g/mol. The molecule has 1 saturated carbocycles. The molecule has 6 nitrogen and oxygen atoms in total. The zero-order valence-electron chi connectivity index (χ0n) is 15.1. The average molecular weight is 366 g/mol. The van der Waals surface area contributed by atoms with E-state index in [0.29, 0.717) is 28.3 Å². The molecule has 25 heavy (non-hydrogen) atoms. The Morgan fingerprint density at radius 1 is 1.20 bits per heavy atom. The van der Waals surface area contributed by atoms with Gasteiger partial charge in [-0.1, -0.05) is 26.2 Å². The largest absolute Gasteiger partial charge is 0.465 e. The van der Waals surface area contributed by atoms with Gasteiger partial charge in [0.15, 0.2) is 0 Å². The van der Waals surface area contributed by atoms with Crippen LogP contribution in [0.3, 0.4) is 0 Å². The van der Waals surface area contributed by atoms with E-state index in [1.54, 1.807) is 6.92 Å². The Labute approximate surface area is 152 Å². The maximum atomic E-state index is 12.7. The van der Waals surface area contributed by atoms with Crippen LogP contribution < -0.4 is 10.6 Å². The molecule has 1 aromatic heterocycles. The number of thiophene rings is 1. The van der Waals surface area contributed by atoms with E-state index < -0.39 is 5.97 Å². The number of methoxy groups -OCH3 is 1. The summed E-state index contributed by atoms with van der Waals surface area (Å²) in [6.45, 7) is 3.62. The Balaban J connectivity index is 2.24. The molecule has 0 saturated heterocycles. The summed E-state index contributed by atoms with van der Waals surface area (Å²) in [7, 11) is 1.29. The second-order valence-corrected chi connectivity index (χ2v) is 7.38. The Bertz CT molecular complexity index is 648. The van der Waals surface area contributed by atoms with Crippen molar-refractivity contribution in [3.05, 3.63) is 16.0 Å². The van der Waals surface area contributed by atoms with Gasteiger partial charge in [0, 0.05) is 12.5 Å². The number of ether oxygens (including phenoxy) is 1. The van der Waals surface area contributed by atoms with E-state index in [1.807, 2.05) is 6.92 Å². The van der Waals surface area contributed by atoms with Crippen LogP contribution in [0.15, 0.2) is 0 Å². The van der Waals surface area contributed by atoms with Gasteiger partial charge in [-0.25, -0.2) is 4.79 Å². The lowest BCUT2D eigenvalue weighted by Gasteiger charge is -2.22. The van der Waals surface area contributed by atoms with Crippen LogP contribution >= 0.6 is 11.3 Å². The molecule has 1 heterocycles. The number of nitrogens with one attached hydrogen (secondary N) is 2. The first-order valence-electron chi connectivity index (χ1n) is 8.80. The summed E-state index contributed by atoms with van der Waals surface area (Å²) in [6.07, 6.45) is 6.50. The lowest BCUT2D eigenvalue weighted by Crippen LogP contribution is -2.36. The minimum absolute atomic E-state index is 0.173. The summed E-state index contributed by atoms with van der Waals surface area (Å²) in [4.78, 5) is 37.2. The van der Waals surface area contributed by atoms with E-state index in [-0.39, 0.29) is 23.4 Å². The Morgan fingerprint density at radius 3 is 2.48 bits per heavy atom. The van der Waals surface area contributed by atoms with Gasteiger partial charge in [0.05, 0.1) is 17.6 Å². The minimum Gasteiger partial charge on any atom is -0.465 e. The summed E-state index contributed by atoms with van der Waals surface area (Å²) < 4.78 is 4.83. The molecular formula is C18H26N2O4S. The summed E-state index contributed by atoms with van der Waals surface area (Å²) in [5, 5.41) is 6.19. The molecule has 0 spiro atoms. The molecule has 1 aliphatic rings. The number of carbonyl (C=O) groups is 3. The molecule has 2 N–H and O–H groups in total. The van der Waals surface area contributed by atoms with Crippen molar-refractivity contribution in [1.82, 2.24) is 5.32 Å². The van der Waals surface area contributed by atoms with E-state index >= 15 is 0 Å². The van der Waals surface area contributed by atoms with Crippen molar-refractivity contribution >= 4 is 34.1 Å². The smallest absolute Gasteiger partial charge is 0.341 e. The number of hydrogen-bond donors (Lipinski definition) is 2. The van der Waals surface area contributed by atoms with Gasteiger partial charge in [-0.05, 0) is 31.7 Å². The normalized spacial score (nSPS) is 14.8. The van der Waals surface area contributed by atoms with Crippen molar-refractivity contribution in [2.75, 3.05) is 12.4 Å². The second kappa shape index (κ2) is 8.99. The van der Waals surface area contributed by atoms with Gasteiger partial charge < -0.3 is 15.4 Å². The molecule has 138 valence electrons. The Morgan fingerprint density at radius 2 is 1.88 bits per heavy atom. The zero-order chi connectivity index (χ0) is 18.4. The number of rotatable bonds is 6. The van der Waals surface area contributed by atoms with Crippen molar-refractivity contribution in [2.24, 2.45) is 0 Å². The third kappa shape index (κ3) is 4.81. The van der Waals surface area contributed by atoms with E-state index in [9.17, 15) is 14.4 Å². The minimum atomic E-state index is -0.544. The fourth-order valence-electron chi connectivity index (χ4n) is 3.08. The molecule has 7 heteroatoms. The van der Waals surface area contributed by atoms with Gasteiger partial charge >= 0.3 is 5.97 Å². The molecule has 0 aromatic carbocycles. The van der Waals surface area contributed by atoms with Gasteiger partial charge in [-0.3, -0.25) is 9.59 Å². The van der Waals surface area contributed by atoms with Crippen molar-refractivity contribution in [3.63, 3.8) is 0 Å². The fraction of sp³-hybridized carbons (Fsp3) is 0.611. The SMILES string of the molecule is CCCC(=O)Nc1sc(C(=O)NC2CCCCC2)c(C)c1C(=O)OC. The standard InChI is InChI=1S/C18H26N2O4S/c1-4-8-13(21)20-17-14(18(23)24-3)11(2)15(25-17)16(22)19-12-9-6-5-7-10-12/h12H,4-10H2,1-3H3,(H,19,22)(H,20,21). The van der Waals surface area contributed by atoms with Crippen LogP contribution in [-0.4, -0.2) is 30.9 Å². The van der Waals surface area contributed by atoms with Crippen LogP contribution in [0.1, 0.15) is 77.5 Å². The highest BCUT2D eigenvalue weighted by Gasteiger charge is 2.27. The first-order chi connectivity index (χ1) is 12.0. The molecule has 0 atom stereocenters. The number of esters is 1. The topological polar surface area (TPSA) is 84.5 Å². The van der Waals surface area contributed by atoms with Crippen molar-refractivity contribution in [2.45, 2.75) is 64.8 Å². The molecule has 0 radical (unpaired) electrons. The summed E-state index contributed by atoms with van der Waals surface area (Å²) in [5.74, 6) is -0.902. The van der Waals surface area contributed by atoms with Crippen LogP contribution in [0.4, 0.5) is 5.00 Å². The van der Waals surface area contributed by atoms with E-state index in [2.05, 4.69) is 10.6 Å². The predicted octanol–water partition coefficient (Wildman–Crippen LogP) is 3.64. The van der Waals surface area contributed by atoms with Crippen LogP contribution in [0, 0.1) is 6.92 Å².